The Morgan fingerprint density at radius 2 is 2.15 bits per heavy atom. The lowest BCUT2D eigenvalue weighted by atomic mass is 9.95. The van der Waals surface area contributed by atoms with Crippen molar-refractivity contribution < 1.29 is 9.59 Å². The minimum absolute atomic E-state index is 0.0274. The highest BCUT2D eigenvalue weighted by Crippen LogP contribution is 2.23. The second-order valence-corrected chi connectivity index (χ2v) is 6.61. The number of piperazine rings is 1. The Labute approximate surface area is 123 Å². The zero-order valence-corrected chi connectivity index (χ0v) is 13.2. The summed E-state index contributed by atoms with van der Waals surface area (Å²) in [6.07, 6.45) is 0.859. The van der Waals surface area contributed by atoms with E-state index in [0.717, 1.165) is 22.0 Å². The van der Waals surface area contributed by atoms with Crippen molar-refractivity contribution in [1.29, 1.82) is 0 Å². The highest BCUT2D eigenvalue weighted by molar-refractivity contribution is 7.11. The molecule has 1 aromatic rings. The fraction of sp³-hybridized carbons (Fsp3) is 0.643. The van der Waals surface area contributed by atoms with E-state index in [0.29, 0.717) is 6.54 Å². The number of nitrogens with one attached hydrogen (secondary N) is 1. The maximum absolute atomic E-state index is 12.2. The van der Waals surface area contributed by atoms with E-state index in [1.165, 1.54) is 0 Å². The molecule has 1 aliphatic heterocycles. The van der Waals surface area contributed by atoms with Crippen LogP contribution in [-0.4, -0.2) is 34.3 Å². The van der Waals surface area contributed by atoms with Crippen molar-refractivity contribution in [2.24, 2.45) is 5.92 Å². The molecule has 1 aromatic heterocycles. The second kappa shape index (κ2) is 5.91. The van der Waals surface area contributed by atoms with Gasteiger partial charge in [0.2, 0.25) is 11.8 Å². The van der Waals surface area contributed by atoms with Crippen molar-refractivity contribution in [2.45, 2.75) is 46.7 Å². The topological polar surface area (TPSA) is 62.3 Å². The average Bonchev–Trinajstić information content (AvgIpc) is 2.72. The summed E-state index contributed by atoms with van der Waals surface area (Å²) >= 11 is 1.60. The lowest BCUT2D eigenvalue weighted by molar-refractivity contribution is -0.148. The standard InChI is InChI=1S/C14H21N3O2S/c1-5-8(2)13-14(19)15-6-12(18)17(13)7-11-16-9(3)10(4)20-11/h8,13H,5-7H2,1-4H3,(H,15,19). The quantitative estimate of drug-likeness (QED) is 0.918. The SMILES string of the molecule is CCC(C)C1C(=O)NCC(=O)N1Cc1nc(C)c(C)s1. The van der Waals surface area contributed by atoms with Gasteiger partial charge in [-0.25, -0.2) is 4.98 Å². The predicted octanol–water partition coefficient (Wildman–Crippen LogP) is 1.63. The summed E-state index contributed by atoms with van der Waals surface area (Å²) in [5.41, 5.74) is 0.999. The Hall–Kier alpha value is -1.43. The molecule has 2 heterocycles. The first kappa shape index (κ1) is 15.0. The van der Waals surface area contributed by atoms with Crippen LogP contribution in [0.5, 0.6) is 0 Å². The molecule has 1 fully saturated rings. The van der Waals surface area contributed by atoms with E-state index in [2.05, 4.69) is 10.3 Å². The molecule has 0 aliphatic carbocycles. The van der Waals surface area contributed by atoms with E-state index in [4.69, 9.17) is 0 Å². The molecule has 0 spiro atoms. The molecule has 1 saturated heterocycles. The molecule has 0 radical (unpaired) electrons. The molecular weight excluding hydrogens is 274 g/mol. The summed E-state index contributed by atoms with van der Waals surface area (Å²) in [5.74, 6) is 0.0609. The van der Waals surface area contributed by atoms with Crippen LogP contribution >= 0.6 is 11.3 Å². The molecule has 2 atom stereocenters. The summed E-state index contributed by atoms with van der Waals surface area (Å²) in [6, 6.07) is -0.384. The minimum atomic E-state index is -0.384. The Balaban J connectivity index is 2.24. The van der Waals surface area contributed by atoms with Gasteiger partial charge in [-0.3, -0.25) is 9.59 Å². The third-order valence-corrected chi connectivity index (χ3v) is 4.96. The van der Waals surface area contributed by atoms with Gasteiger partial charge in [-0.05, 0) is 19.8 Å². The lowest BCUT2D eigenvalue weighted by Gasteiger charge is -2.37. The fourth-order valence-electron chi connectivity index (χ4n) is 2.39. The minimum Gasteiger partial charge on any atom is -0.345 e. The second-order valence-electron chi connectivity index (χ2n) is 5.32. The van der Waals surface area contributed by atoms with Gasteiger partial charge in [0.15, 0.2) is 0 Å². The summed E-state index contributed by atoms with van der Waals surface area (Å²) in [4.78, 5) is 31.6. The van der Waals surface area contributed by atoms with E-state index < -0.39 is 0 Å². The number of aromatic nitrogens is 1. The summed E-state index contributed by atoms with van der Waals surface area (Å²) in [6.45, 7) is 8.55. The van der Waals surface area contributed by atoms with Crippen molar-refractivity contribution in [3.63, 3.8) is 0 Å². The van der Waals surface area contributed by atoms with Crippen LogP contribution in [0.3, 0.4) is 0 Å². The largest absolute Gasteiger partial charge is 0.345 e. The van der Waals surface area contributed by atoms with E-state index in [1.807, 2.05) is 27.7 Å². The molecule has 2 amide bonds. The number of hydrogen-bond acceptors (Lipinski definition) is 4. The van der Waals surface area contributed by atoms with Crippen LogP contribution < -0.4 is 5.32 Å². The van der Waals surface area contributed by atoms with Gasteiger partial charge in [-0.15, -0.1) is 11.3 Å². The van der Waals surface area contributed by atoms with Gasteiger partial charge in [0, 0.05) is 4.88 Å². The van der Waals surface area contributed by atoms with Crippen LogP contribution in [0.1, 0.15) is 35.8 Å². The normalized spacial score (nSPS) is 21.0. The van der Waals surface area contributed by atoms with Crippen LogP contribution in [0.2, 0.25) is 0 Å². The third-order valence-electron chi connectivity index (χ3n) is 3.90. The lowest BCUT2D eigenvalue weighted by Crippen LogP contribution is -2.60. The molecule has 1 N–H and O–H groups in total. The Kier molecular flexibility index (Phi) is 4.42. The van der Waals surface area contributed by atoms with Crippen molar-refractivity contribution >= 4 is 23.2 Å². The van der Waals surface area contributed by atoms with Crippen LogP contribution in [0.4, 0.5) is 0 Å². The predicted molar refractivity (Wildman–Crippen MR) is 78.4 cm³/mol. The molecule has 2 rings (SSSR count). The molecule has 6 heteroatoms. The number of amides is 2. The van der Waals surface area contributed by atoms with Gasteiger partial charge in [-0.2, -0.15) is 0 Å². The monoisotopic (exact) mass is 295 g/mol. The van der Waals surface area contributed by atoms with Crippen LogP contribution in [-0.2, 0) is 16.1 Å². The first-order valence-electron chi connectivity index (χ1n) is 6.94. The number of thiazole rings is 1. The van der Waals surface area contributed by atoms with E-state index in [-0.39, 0.29) is 30.3 Å². The van der Waals surface area contributed by atoms with E-state index in [1.54, 1.807) is 16.2 Å². The van der Waals surface area contributed by atoms with Crippen molar-refractivity contribution in [3.8, 4) is 0 Å². The van der Waals surface area contributed by atoms with Crippen LogP contribution in [0.15, 0.2) is 0 Å². The number of carbonyl (C=O) groups is 2. The third kappa shape index (κ3) is 2.85. The van der Waals surface area contributed by atoms with Gasteiger partial charge >= 0.3 is 0 Å². The zero-order chi connectivity index (χ0) is 14.9. The highest BCUT2D eigenvalue weighted by Gasteiger charge is 2.37. The number of rotatable bonds is 4. The molecule has 0 saturated carbocycles. The molecule has 2 unspecified atom stereocenters. The fourth-order valence-corrected chi connectivity index (χ4v) is 3.33. The van der Waals surface area contributed by atoms with Crippen molar-refractivity contribution in [2.75, 3.05) is 6.54 Å². The zero-order valence-electron chi connectivity index (χ0n) is 12.4. The number of nitrogens with zero attached hydrogens (tertiary/aromatic N) is 2. The summed E-state index contributed by atoms with van der Waals surface area (Å²) in [5, 5.41) is 3.58. The highest BCUT2D eigenvalue weighted by atomic mass is 32.1. The Morgan fingerprint density at radius 3 is 2.70 bits per heavy atom. The molecular formula is C14H21N3O2S. The van der Waals surface area contributed by atoms with Crippen molar-refractivity contribution in [3.05, 3.63) is 15.6 Å². The summed E-state index contributed by atoms with van der Waals surface area (Å²) in [7, 11) is 0. The average molecular weight is 295 g/mol. The van der Waals surface area contributed by atoms with Gasteiger partial charge in [0.25, 0.3) is 0 Å². The first-order valence-corrected chi connectivity index (χ1v) is 7.75. The maximum Gasteiger partial charge on any atom is 0.243 e. The van der Waals surface area contributed by atoms with Gasteiger partial charge in [0.1, 0.15) is 11.0 Å². The molecule has 0 bridgehead atoms. The van der Waals surface area contributed by atoms with E-state index in [9.17, 15) is 9.59 Å². The smallest absolute Gasteiger partial charge is 0.243 e. The molecule has 20 heavy (non-hydrogen) atoms. The van der Waals surface area contributed by atoms with Gasteiger partial charge in [-0.1, -0.05) is 20.3 Å². The van der Waals surface area contributed by atoms with Crippen LogP contribution in [0, 0.1) is 19.8 Å². The van der Waals surface area contributed by atoms with Crippen LogP contribution in [0.25, 0.3) is 0 Å². The number of hydrogen-bond donors (Lipinski definition) is 1. The Morgan fingerprint density at radius 1 is 1.45 bits per heavy atom. The van der Waals surface area contributed by atoms with Gasteiger partial charge in [0.05, 0.1) is 18.8 Å². The number of carbonyl (C=O) groups excluding carboxylic acids is 2. The molecule has 1 aliphatic rings. The number of aryl methyl sites for hydroxylation is 2. The Bertz CT molecular complexity index is 507. The molecule has 5 nitrogen and oxygen atoms in total. The van der Waals surface area contributed by atoms with E-state index >= 15 is 0 Å². The first-order chi connectivity index (χ1) is 9.43. The van der Waals surface area contributed by atoms with Gasteiger partial charge < -0.3 is 10.2 Å². The van der Waals surface area contributed by atoms with Crippen molar-refractivity contribution in [1.82, 2.24) is 15.2 Å². The maximum atomic E-state index is 12.2. The summed E-state index contributed by atoms with van der Waals surface area (Å²) < 4.78 is 0. The molecule has 0 aromatic carbocycles. The molecule has 110 valence electrons.